The molecule has 164 valence electrons. The van der Waals surface area contributed by atoms with Gasteiger partial charge in [0.1, 0.15) is 5.82 Å². The molecule has 1 heterocycles. The second-order valence-electron chi connectivity index (χ2n) is 8.74. The Labute approximate surface area is 195 Å². The summed E-state index contributed by atoms with van der Waals surface area (Å²) in [5.74, 6) is 0.583. The van der Waals surface area contributed by atoms with Crippen LogP contribution in [0, 0.1) is 5.82 Å². The Morgan fingerprint density at radius 2 is 1.81 bits per heavy atom. The number of carbonyl (C=O) groups is 1. The lowest BCUT2D eigenvalue weighted by Crippen LogP contribution is -2.21. The minimum Gasteiger partial charge on any atom is -0.309 e. The molecule has 1 N–H and O–H groups in total. The molecule has 3 aromatic rings. The van der Waals surface area contributed by atoms with Crippen LogP contribution in [0.4, 0.5) is 10.2 Å². The van der Waals surface area contributed by atoms with Gasteiger partial charge in [0.25, 0.3) is 0 Å². The van der Waals surface area contributed by atoms with E-state index in [0.29, 0.717) is 12.2 Å². The number of nitrogens with one attached hydrogen (secondary N) is 1. The van der Waals surface area contributed by atoms with Gasteiger partial charge in [-0.25, -0.2) is 14.4 Å². The van der Waals surface area contributed by atoms with Crippen molar-refractivity contribution in [1.29, 1.82) is 0 Å². The van der Waals surface area contributed by atoms with Gasteiger partial charge in [-0.1, -0.05) is 47.3 Å². The van der Waals surface area contributed by atoms with Crippen LogP contribution in [0.3, 0.4) is 0 Å². The van der Waals surface area contributed by atoms with Gasteiger partial charge in [-0.15, -0.1) is 0 Å². The number of anilines is 1. The van der Waals surface area contributed by atoms with Gasteiger partial charge in [-0.3, -0.25) is 4.79 Å². The van der Waals surface area contributed by atoms with Crippen LogP contribution in [0.2, 0.25) is 0 Å². The Morgan fingerprint density at radius 1 is 1.03 bits per heavy atom. The van der Waals surface area contributed by atoms with E-state index in [0.717, 1.165) is 70.3 Å². The molecule has 1 amide bonds. The predicted molar refractivity (Wildman–Crippen MR) is 127 cm³/mol. The lowest BCUT2D eigenvalue weighted by Gasteiger charge is -2.26. The molecule has 0 spiro atoms. The standard InChI is InChI=1S/C26H25BrFN3O/c27-19-9-6-16(7-10-19)14-23(32)30-26-24(17-4-2-1-3-5-17)31-25-21-12-11-20(28)15-18(21)8-13-22(25)29-26/h6-7,9-12,15,17H,1-5,8,13-14H2,(H,29,30,32). The number of benzene rings is 2. The zero-order chi connectivity index (χ0) is 22.1. The molecule has 5 rings (SSSR count). The van der Waals surface area contributed by atoms with E-state index in [-0.39, 0.29) is 24.1 Å². The molecule has 2 aliphatic rings. The van der Waals surface area contributed by atoms with Gasteiger partial charge < -0.3 is 5.32 Å². The zero-order valence-electron chi connectivity index (χ0n) is 17.8. The number of hydrogen-bond acceptors (Lipinski definition) is 3. The first-order valence-electron chi connectivity index (χ1n) is 11.3. The van der Waals surface area contributed by atoms with Crippen LogP contribution < -0.4 is 5.32 Å². The highest BCUT2D eigenvalue weighted by atomic mass is 79.9. The van der Waals surface area contributed by atoms with E-state index in [1.807, 2.05) is 30.3 Å². The van der Waals surface area contributed by atoms with E-state index >= 15 is 0 Å². The lowest BCUT2D eigenvalue weighted by atomic mass is 9.85. The quantitative estimate of drug-likeness (QED) is 0.459. The van der Waals surface area contributed by atoms with Gasteiger partial charge in [-0.05, 0) is 67.1 Å². The largest absolute Gasteiger partial charge is 0.309 e. The van der Waals surface area contributed by atoms with E-state index in [9.17, 15) is 9.18 Å². The van der Waals surface area contributed by atoms with E-state index < -0.39 is 0 Å². The summed E-state index contributed by atoms with van der Waals surface area (Å²) in [4.78, 5) is 22.9. The first kappa shape index (κ1) is 21.3. The van der Waals surface area contributed by atoms with Crippen LogP contribution in [0.5, 0.6) is 0 Å². The maximum Gasteiger partial charge on any atom is 0.229 e. The van der Waals surface area contributed by atoms with Crippen molar-refractivity contribution in [3.63, 3.8) is 0 Å². The second kappa shape index (κ2) is 9.10. The molecule has 2 aliphatic carbocycles. The number of carbonyl (C=O) groups excluding carboxylic acids is 1. The molecule has 0 bridgehead atoms. The third kappa shape index (κ3) is 4.46. The van der Waals surface area contributed by atoms with E-state index in [2.05, 4.69) is 21.2 Å². The van der Waals surface area contributed by atoms with E-state index in [1.165, 1.54) is 12.5 Å². The maximum absolute atomic E-state index is 13.8. The van der Waals surface area contributed by atoms with E-state index in [1.54, 1.807) is 6.07 Å². The maximum atomic E-state index is 13.8. The number of fused-ring (bicyclic) bond motifs is 3. The molecule has 6 heteroatoms. The van der Waals surface area contributed by atoms with E-state index in [4.69, 9.17) is 9.97 Å². The van der Waals surface area contributed by atoms with Crippen LogP contribution in [0.15, 0.2) is 46.9 Å². The molecule has 0 saturated heterocycles. The van der Waals surface area contributed by atoms with Crippen LogP contribution in [-0.4, -0.2) is 15.9 Å². The third-order valence-electron chi connectivity index (χ3n) is 6.48. The number of hydrogen-bond donors (Lipinski definition) is 1. The van der Waals surface area contributed by atoms with Gasteiger partial charge in [0.2, 0.25) is 5.91 Å². The summed E-state index contributed by atoms with van der Waals surface area (Å²) in [6.07, 6.45) is 7.39. The Bertz CT molecular complexity index is 1160. The summed E-state index contributed by atoms with van der Waals surface area (Å²) < 4.78 is 14.8. The van der Waals surface area contributed by atoms with Crippen LogP contribution >= 0.6 is 15.9 Å². The lowest BCUT2D eigenvalue weighted by molar-refractivity contribution is -0.115. The molecule has 1 fully saturated rings. The predicted octanol–water partition coefficient (Wildman–Crippen LogP) is 6.37. The first-order chi connectivity index (χ1) is 15.6. The van der Waals surface area contributed by atoms with Gasteiger partial charge in [0.15, 0.2) is 5.82 Å². The third-order valence-corrected chi connectivity index (χ3v) is 7.00. The van der Waals surface area contributed by atoms with Crippen molar-refractivity contribution in [2.24, 2.45) is 0 Å². The van der Waals surface area contributed by atoms with Crippen molar-refractivity contribution >= 4 is 27.7 Å². The number of aryl methyl sites for hydroxylation is 2. The highest BCUT2D eigenvalue weighted by Gasteiger charge is 2.27. The highest BCUT2D eigenvalue weighted by molar-refractivity contribution is 9.10. The van der Waals surface area contributed by atoms with Crippen molar-refractivity contribution in [3.8, 4) is 11.3 Å². The molecular weight excluding hydrogens is 469 g/mol. The Balaban J connectivity index is 1.49. The molecule has 0 atom stereocenters. The van der Waals surface area contributed by atoms with Crippen molar-refractivity contribution in [3.05, 3.63) is 75.3 Å². The van der Waals surface area contributed by atoms with Gasteiger partial charge >= 0.3 is 0 Å². The molecule has 1 saturated carbocycles. The van der Waals surface area contributed by atoms with Crippen LogP contribution in [0.1, 0.15) is 60.5 Å². The average molecular weight is 494 g/mol. The Kier molecular flexibility index (Phi) is 6.05. The molecule has 2 aromatic carbocycles. The van der Waals surface area contributed by atoms with Crippen molar-refractivity contribution in [2.75, 3.05) is 5.32 Å². The Hall–Kier alpha value is -2.60. The number of aromatic nitrogens is 2. The summed E-state index contributed by atoms with van der Waals surface area (Å²) >= 11 is 3.43. The normalized spacial score (nSPS) is 15.7. The van der Waals surface area contributed by atoms with Crippen molar-refractivity contribution in [1.82, 2.24) is 9.97 Å². The summed E-state index contributed by atoms with van der Waals surface area (Å²) in [6, 6.07) is 12.7. The summed E-state index contributed by atoms with van der Waals surface area (Å²) in [6.45, 7) is 0. The van der Waals surface area contributed by atoms with Gasteiger partial charge in [0.05, 0.1) is 23.5 Å². The minimum absolute atomic E-state index is 0.0862. The highest BCUT2D eigenvalue weighted by Crippen LogP contribution is 2.39. The second-order valence-corrected chi connectivity index (χ2v) is 9.66. The average Bonchev–Trinajstić information content (AvgIpc) is 2.80. The fourth-order valence-corrected chi connectivity index (χ4v) is 5.11. The topological polar surface area (TPSA) is 54.9 Å². The van der Waals surface area contributed by atoms with Crippen molar-refractivity contribution < 1.29 is 9.18 Å². The van der Waals surface area contributed by atoms with Crippen LogP contribution in [-0.2, 0) is 24.1 Å². The first-order valence-corrected chi connectivity index (χ1v) is 12.1. The SMILES string of the molecule is O=C(Cc1ccc(Br)cc1)Nc1nc2c(nc1C1CCCCC1)-c1ccc(F)cc1CC2. The minimum atomic E-state index is -0.218. The fraction of sp³-hybridized carbons (Fsp3) is 0.346. The number of nitrogens with zero attached hydrogens (tertiary/aromatic N) is 2. The number of rotatable bonds is 4. The fourth-order valence-electron chi connectivity index (χ4n) is 4.84. The molecule has 1 aromatic heterocycles. The Morgan fingerprint density at radius 3 is 2.59 bits per heavy atom. The monoisotopic (exact) mass is 493 g/mol. The molecular formula is C26H25BrFN3O. The number of amides is 1. The van der Waals surface area contributed by atoms with Gasteiger partial charge in [0, 0.05) is 16.0 Å². The molecule has 0 aliphatic heterocycles. The summed E-state index contributed by atoms with van der Waals surface area (Å²) in [7, 11) is 0. The molecule has 4 nitrogen and oxygen atoms in total. The van der Waals surface area contributed by atoms with Gasteiger partial charge in [-0.2, -0.15) is 0 Å². The summed E-state index contributed by atoms with van der Waals surface area (Å²) in [5.41, 5.74) is 5.50. The van der Waals surface area contributed by atoms with Crippen LogP contribution in [0.25, 0.3) is 11.3 Å². The number of halogens is 2. The molecule has 0 unspecified atom stereocenters. The smallest absolute Gasteiger partial charge is 0.229 e. The van der Waals surface area contributed by atoms with Crippen molar-refractivity contribution in [2.45, 2.75) is 57.3 Å². The summed E-state index contributed by atoms with van der Waals surface area (Å²) in [5, 5.41) is 3.07. The molecule has 32 heavy (non-hydrogen) atoms. The molecule has 0 radical (unpaired) electrons. The zero-order valence-corrected chi connectivity index (χ0v) is 19.4.